The van der Waals surface area contributed by atoms with Gasteiger partial charge in [-0.05, 0) is 30.5 Å². The van der Waals surface area contributed by atoms with Gasteiger partial charge in [0.25, 0.3) is 0 Å². The molecule has 1 aliphatic carbocycles. The van der Waals surface area contributed by atoms with Gasteiger partial charge in [0.05, 0.1) is 5.54 Å². The third-order valence-electron chi connectivity index (χ3n) is 4.02. The Bertz CT molecular complexity index is 442. The highest BCUT2D eigenvalue weighted by atomic mass is 35.5. The molecule has 20 heavy (non-hydrogen) atoms. The smallest absolute Gasteiger partial charge is 0.224 e. The van der Waals surface area contributed by atoms with Crippen LogP contribution in [0.25, 0.3) is 0 Å². The van der Waals surface area contributed by atoms with Crippen LogP contribution in [-0.4, -0.2) is 12.5 Å². The quantitative estimate of drug-likeness (QED) is 0.896. The number of hydrogen-bond donors (Lipinski definition) is 2. The molecule has 1 aromatic carbocycles. The van der Waals surface area contributed by atoms with Gasteiger partial charge in [0.2, 0.25) is 5.91 Å². The molecule has 0 aliphatic heterocycles. The van der Waals surface area contributed by atoms with E-state index in [0.29, 0.717) is 6.54 Å². The van der Waals surface area contributed by atoms with Crippen molar-refractivity contribution in [3.63, 3.8) is 0 Å². The molecule has 0 spiro atoms. The van der Waals surface area contributed by atoms with Crippen LogP contribution in [0.3, 0.4) is 0 Å². The van der Waals surface area contributed by atoms with Gasteiger partial charge in [-0.25, -0.2) is 0 Å². The van der Waals surface area contributed by atoms with E-state index in [2.05, 4.69) is 5.32 Å². The number of nitrogens with two attached hydrogens (primary N) is 1. The lowest BCUT2D eigenvalue weighted by Crippen LogP contribution is -2.47. The summed E-state index contributed by atoms with van der Waals surface area (Å²) in [7, 11) is 0. The molecule has 2 rings (SSSR count). The van der Waals surface area contributed by atoms with Crippen molar-refractivity contribution in [1.29, 1.82) is 0 Å². The van der Waals surface area contributed by atoms with E-state index in [1.807, 2.05) is 31.2 Å². The van der Waals surface area contributed by atoms with E-state index >= 15 is 0 Å². The summed E-state index contributed by atoms with van der Waals surface area (Å²) in [5, 5.41) is 3.94. The minimum atomic E-state index is -0.231. The van der Waals surface area contributed by atoms with Crippen LogP contribution in [-0.2, 0) is 10.3 Å². The Kier molecular flexibility index (Phi) is 6.31. The predicted octanol–water partition coefficient (Wildman–Crippen LogP) is 3.24. The highest BCUT2D eigenvalue weighted by Gasteiger charge is 2.37. The lowest BCUT2D eigenvalue weighted by atomic mass is 9.87. The van der Waals surface area contributed by atoms with Crippen LogP contribution >= 0.6 is 24.0 Å². The number of benzene rings is 1. The first-order chi connectivity index (χ1) is 9.07. The Morgan fingerprint density at radius 2 is 1.90 bits per heavy atom. The van der Waals surface area contributed by atoms with E-state index in [0.717, 1.165) is 36.3 Å². The summed E-state index contributed by atoms with van der Waals surface area (Å²) in [5.41, 5.74) is 6.48. The molecule has 0 saturated heterocycles. The summed E-state index contributed by atoms with van der Waals surface area (Å²) in [6.45, 7) is 2.24. The van der Waals surface area contributed by atoms with Gasteiger partial charge >= 0.3 is 0 Å². The average Bonchev–Trinajstić information content (AvgIpc) is 2.88. The van der Waals surface area contributed by atoms with Crippen LogP contribution < -0.4 is 11.1 Å². The number of nitrogens with one attached hydrogen (secondary N) is 1. The third kappa shape index (κ3) is 3.66. The molecule has 1 aromatic rings. The second kappa shape index (κ2) is 7.30. The number of hydrogen-bond acceptors (Lipinski definition) is 2. The van der Waals surface area contributed by atoms with Gasteiger partial charge in [0, 0.05) is 17.5 Å². The van der Waals surface area contributed by atoms with Crippen molar-refractivity contribution >= 4 is 29.9 Å². The predicted molar refractivity (Wildman–Crippen MR) is 85.2 cm³/mol. The fraction of sp³-hybridized carbons (Fsp3) is 0.533. The zero-order valence-corrected chi connectivity index (χ0v) is 13.3. The average molecular weight is 317 g/mol. The van der Waals surface area contributed by atoms with Crippen LogP contribution in [0.2, 0.25) is 5.02 Å². The standard InChI is InChI=1S/C15H21ClN2O.ClH/c1-11(10-17)14(19)18-15(8-2-3-9-15)12-4-6-13(16)7-5-12;/h4-7,11H,2-3,8-10,17H2,1H3,(H,18,19);1H. The summed E-state index contributed by atoms with van der Waals surface area (Å²) < 4.78 is 0. The zero-order valence-electron chi connectivity index (χ0n) is 11.7. The number of halogens is 2. The summed E-state index contributed by atoms with van der Waals surface area (Å²) in [5.74, 6) is -0.107. The molecule has 0 aromatic heterocycles. The number of amides is 1. The molecule has 0 bridgehead atoms. The van der Waals surface area contributed by atoms with Crippen molar-refractivity contribution in [3.8, 4) is 0 Å². The summed E-state index contributed by atoms with van der Waals surface area (Å²) in [4.78, 5) is 12.2. The molecule has 3 nitrogen and oxygen atoms in total. The topological polar surface area (TPSA) is 55.1 Å². The van der Waals surface area contributed by atoms with Crippen molar-refractivity contribution in [2.75, 3.05) is 6.54 Å². The molecule has 0 radical (unpaired) electrons. The molecule has 1 amide bonds. The van der Waals surface area contributed by atoms with Gasteiger partial charge in [-0.3, -0.25) is 4.79 Å². The van der Waals surface area contributed by atoms with Gasteiger partial charge in [-0.2, -0.15) is 0 Å². The fourth-order valence-electron chi connectivity index (χ4n) is 2.70. The fourth-order valence-corrected chi connectivity index (χ4v) is 2.83. The van der Waals surface area contributed by atoms with Crippen LogP contribution in [0, 0.1) is 5.92 Å². The lowest BCUT2D eigenvalue weighted by Gasteiger charge is -2.32. The number of rotatable bonds is 4. The van der Waals surface area contributed by atoms with Crippen LogP contribution in [0.4, 0.5) is 0 Å². The first-order valence-corrected chi connectivity index (χ1v) is 7.23. The third-order valence-corrected chi connectivity index (χ3v) is 4.27. The molecular weight excluding hydrogens is 295 g/mol. The highest BCUT2D eigenvalue weighted by Crippen LogP contribution is 2.39. The first kappa shape index (κ1) is 17.3. The summed E-state index contributed by atoms with van der Waals surface area (Å²) in [6.07, 6.45) is 4.25. The maximum Gasteiger partial charge on any atom is 0.224 e. The molecule has 1 saturated carbocycles. The molecule has 5 heteroatoms. The van der Waals surface area contributed by atoms with Gasteiger partial charge in [-0.15, -0.1) is 12.4 Å². The van der Waals surface area contributed by atoms with E-state index in [1.165, 1.54) is 0 Å². The minimum Gasteiger partial charge on any atom is -0.346 e. The maximum absolute atomic E-state index is 12.2. The molecule has 3 N–H and O–H groups in total. The monoisotopic (exact) mass is 316 g/mol. The van der Waals surface area contributed by atoms with Gasteiger partial charge < -0.3 is 11.1 Å². The molecule has 1 unspecified atom stereocenters. The Balaban J connectivity index is 0.00000200. The van der Waals surface area contributed by atoms with Crippen molar-refractivity contribution in [2.24, 2.45) is 11.7 Å². The highest BCUT2D eigenvalue weighted by molar-refractivity contribution is 6.30. The van der Waals surface area contributed by atoms with Gasteiger partial charge in [0.1, 0.15) is 0 Å². The second-order valence-corrected chi connectivity index (χ2v) is 5.86. The Labute approximate surface area is 131 Å². The van der Waals surface area contributed by atoms with Crippen LogP contribution in [0.5, 0.6) is 0 Å². The van der Waals surface area contributed by atoms with Crippen LogP contribution in [0.1, 0.15) is 38.2 Å². The number of carbonyl (C=O) groups is 1. The normalized spacial score (nSPS) is 18.1. The maximum atomic E-state index is 12.2. The van der Waals surface area contributed by atoms with Gasteiger partial charge in [-0.1, -0.05) is 43.5 Å². The molecular formula is C15H22Cl2N2O. The molecule has 1 aliphatic rings. The molecule has 112 valence electrons. The molecule has 1 fully saturated rings. The van der Waals surface area contributed by atoms with Crippen molar-refractivity contribution in [3.05, 3.63) is 34.9 Å². The van der Waals surface area contributed by atoms with E-state index in [9.17, 15) is 4.79 Å². The van der Waals surface area contributed by atoms with E-state index in [1.54, 1.807) is 0 Å². The largest absolute Gasteiger partial charge is 0.346 e. The Hall–Kier alpha value is -0.770. The second-order valence-electron chi connectivity index (χ2n) is 5.42. The van der Waals surface area contributed by atoms with E-state index < -0.39 is 0 Å². The lowest BCUT2D eigenvalue weighted by molar-refractivity contribution is -0.126. The Morgan fingerprint density at radius 3 is 2.40 bits per heavy atom. The van der Waals surface area contributed by atoms with Crippen molar-refractivity contribution in [1.82, 2.24) is 5.32 Å². The summed E-state index contributed by atoms with van der Waals surface area (Å²) >= 11 is 5.94. The van der Waals surface area contributed by atoms with Crippen molar-refractivity contribution in [2.45, 2.75) is 38.1 Å². The summed E-state index contributed by atoms with van der Waals surface area (Å²) in [6, 6.07) is 7.80. The number of carbonyl (C=O) groups excluding carboxylic acids is 1. The molecule has 1 atom stereocenters. The minimum absolute atomic E-state index is 0. The zero-order chi connectivity index (χ0) is 13.9. The molecule has 0 heterocycles. The first-order valence-electron chi connectivity index (χ1n) is 6.85. The van der Waals surface area contributed by atoms with Crippen molar-refractivity contribution < 1.29 is 4.79 Å². The van der Waals surface area contributed by atoms with Crippen LogP contribution in [0.15, 0.2) is 24.3 Å². The van der Waals surface area contributed by atoms with E-state index in [-0.39, 0.29) is 29.8 Å². The SMILES string of the molecule is CC(CN)C(=O)NC1(c2ccc(Cl)cc2)CCCC1.Cl. The van der Waals surface area contributed by atoms with E-state index in [4.69, 9.17) is 17.3 Å². The van der Waals surface area contributed by atoms with Gasteiger partial charge in [0.15, 0.2) is 0 Å². The Morgan fingerprint density at radius 1 is 1.35 bits per heavy atom.